The van der Waals surface area contributed by atoms with Crippen LogP contribution in [0.3, 0.4) is 0 Å². The molecule has 4 aliphatic rings. The van der Waals surface area contributed by atoms with Gasteiger partial charge in [-0.15, -0.1) is 0 Å². The molecule has 4 fully saturated rings. The summed E-state index contributed by atoms with van der Waals surface area (Å²) >= 11 is 0. The molecule has 0 radical (unpaired) electrons. The predicted octanol–water partition coefficient (Wildman–Crippen LogP) is 6.92. The lowest BCUT2D eigenvalue weighted by atomic mass is 9.77. The number of carbonyl (C=O) groups excluding carboxylic acids is 4. The number of nitrogens with zero attached hydrogens (tertiary/aromatic N) is 3. The molecule has 0 unspecified atom stereocenters. The Balaban J connectivity index is 1.24. The van der Waals surface area contributed by atoms with E-state index in [9.17, 15) is 29.1 Å². The number of aliphatic hydroxyl groups is 1. The second kappa shape index (κ2) is 27.9. The number of carbonyl (C=O) groups is 4. The van der Waals surface area contributed by atoms with E-state index in [2.05, 4.69) is 0 Å². The molecule has 21 heteroatoms. The maximum absolute atomic E-state index is 14.9. The smallest absolute Gasteiger partial charge is 0.462 e. The average molecular weight is 1140 g/mol. The van der Waals surface area contributed by atoms with Gasteiger partial charge in [0.2, 0.25) is 5.43 Å². The third kappa shape index (κ3) is 15.2. The van der Waals surface area contributed by atoms with E-state index in [1.54, 1.807) is 47.1 Å². The summed E-state index contributed by atoms with van der Waals surface area (Å²) in [7, 11) is 7.30. The molecular formula is C60H93N3O18. The van der Waals surface area contributed by atoms with Gasteiger partial charge in [-0.05, 0) is 126 Å². The van der Waals surface area contributed by atoms with Crippen LogP contribution in [0.15, 0.2) is 35.3 Å². The molecule has 0 amide bonds. The summed E-state index contributed by atoms with van der Waals surface area (Å²) in [6.45, 7) is 25.3. The van der Waals surface area contributed by atoms with Crippen molar-refractivity contribution in [2.75, 3.05) is 61.2 Å². The van der Waals surface area contributed by atoms with Gasteiger partial charge in [0, 0.05) is 57.1 Å². The van der Waals surface area contributed by atoms with Crippen molar-refractivity contribution < 1.29 is 81.1 Å². The zero-order valence-corrected chi connectivity index (χ0v) is 50.9. The first-order valence-corrected chi connectivity index (χ1v) is 28.9. The van der Waals surface area contributed by atoms with Gasteiger partial charge in [0.1, 0.15) is 17.8 Å². The Hall–Kier alpha value is -4.55. The molecule has 0 bridgehead atoms. The Morgan fingerprint density at radius 2 is 1.64 bits per heavy atom. The molecule has 456 valence electrons. The van der Waals surface area contributed by atoms with Crippen LogP contribution in [0.5, 0.6) is 0 Å². The van der Waals surface area contributed by atoms with Crippen LogP contribution in [-0.4, -0.2) is 195 Å². The highest BCUT2D eigenvalue weighted by Crippen LogP contribution is 2.43. The van der Waals surface area contributed by atoms with E-state index in [0.29, 0.717) is 30.4 Å². The third-order valence-electron chi connectivity index (χ3n) is 16.9. The highest BCUT2D eigenvalue weighted by molar-refractivity contribution is 5.94. The normalized spacial score (nSPS) is 36.6. The predicted molar refractivity (Wildman–Crippen MR) is 300 cm³/mol. The molecule has 81 heavy (non-hydrogen) atoms. The Bertz CT molecular complexity index is 2560. The summed E-state index contributed by atoms with van der Waals surface area (Å²) in [5.41, 5.74) is -2.91. The molecule has 1 aromatic heterocycles. The number of hydrogen-bond acceptors (Lipinski definition) is 20. The molecule has 2 aromatic rings. The number of benzene rings is 1. The van der Waals surface area contributed by atoms with E-state index >= 15 is 0 Å². The molecule has 21 nitrogen and oxygen atoms in total. The summed E-state index contributed by atoms with van der Waals surface area (Å²) in [5, 5.41) is 13.4. The fraction of sp³-hybridized carbons (Fsp3) is 0.750. The highest BCUT2D eigenvalue weighted by atomic mass is 16.8. The van der Waals surface area contributed by atoms with Crippen molar-refractivity contribution in [1.29, 1.82) is 0 Å². The molecule has 4 aliphatic heterocycles. The Morgan fingerprint density at radius 3 is 2.28 bits per heavy atom. The summed E-state index contributed by atoms with van der Waals surface area (Å²) in [4.78, 5) is 70.6. The van der Waals surface area contributed by atoms with E-state index in [-0.39, 0.29) is 74.7 Å². The summed E-state index contributed by atoms with van der Waals surface area (Å²) < 4.78 is 77.1. The lowest BCUT2D eigenvalue weighted by Gasteiger charge is -2.49. The lowest BCUT2D eigenvalue weighted by molar-refractivity contribution is -0.321. The van der Waals surface area contributed by atoms with Gasteiger partial charge < -0.3 is 71.4 Å². The van der Waals surface area contributed by atoms with E-state index in [4.69, 9.17) is 56.8 Å². The number of likely N-dealkylation sites (N-methyl/N-ethyl adjacent to an activating group) is 2. The first-order chi connectivity index (χ1) is 38.1. The molecule has 6 rings (SSSR count). The third-order valence-corrected chi connectivity index (χ3v) is 16.9. The SMILES string of the molecule is CCOC(=O)c1cn(CC)c2ccc(C=CCOCCO[C@H]3[C@H](C)O[C@@H](O[C@H]4[C@H](C)[C@@H](O[C@@H]5O[C@H](C)C[C@H](N(C)C)[C@H]5OC(C)=O)[C@](C)(O)C[C@@H](C)CN(C)[C@H](C)[C@H]5OC(=O)O[C@]5(C)[C@@H](CC)OC(=O)[C@@H]4C)C[C@@]3(C)OC)cc2c1=O. The van der Waals surface area contributed by atoms with E-state index in [1.807, 2.05) is 115 Å². The minimum Gasteiger partial charge on any atom is -0.462 e. The molecule has 4 saturated heterocycles. The van der Waals surface area contributed by atoms with Crippen LogP contribution in [-0.2, 0) is 73.0 Å². The second-order valence-electron chi connectivity index (χ2n) is 23.6. The van der Waals surface area contributed by atoms with E-state index in [1.165, 1.54) is 6.92 Å². The summed E-state index contributed by atoms with van der Waals surface area (Å²) in [5.74, 6) is -3.89. The van der Waals surface area contributed by atoms with Crippen molar-refractivity contribution in [2.24, 2.45) is 17.8 Å². The van der Waals surface area contributed by atoms with Crippen LogP contribution in [0, 0.1) is 17.8 Å². The van der Waals surface area contributed by atoms with Gasteiger partial charge >= 0.3 is 24.1 Å². The first kappa shape index (κ1) is 65.6. The minimum absolute atomic E-state index is 0.0112. The molecule has 0 spiro atoms. The maximum Gasteiger partial charge on any atom is 0.509 e. The van der Waals surface area contributed by atoms with Gasteiger partial charge in [-0.3, -0.25) is 19.3 Å². The van der Waals surface area contributed by atoms with Crippen LogP contribution >= 0.6 is 0 Å². The highest BCUT2D eigenvalue weighted by Gasteiger charge is 2.58. The van der Waals surface area contributed by atoms with E-state index < -0.39 is 114 Å². The van der Waals surface area contributed by atoms with Crippen LogP contribution in [0.25, 0.3) is 17.0 Å². The number of aromatic nitrogens is 1. The topological polar surface area (TPSA) is 228 Å². The number of methoxy groups -OCH3 is 1. The van der Waals surface area contributed by atoms with Crippen molar-refractivity contribution in [3.8, 4) is 0 Å². The number of cyclic esters (lactones) is 1. The summed E-state index contributed by atoms with van der Waals surface area (Å²) in [6.07, 6.45) is -2.94. The van der Waals surface area contributed by atoms with Gasteiger partial charge in [0.25, 0.3) is 0 Å². The number of rotatable bonds is 18. The fourth-order valence-corrected chi connectivity index (χ4v) is 12.7. The monoisotopic (exact) mass is 1140 g/mol. The standard InChI is InChI=1S/C60H93N3O18/c1-18-46-60(13)52(80-57(68)81-60)38(8)62(16)32-34(4)30-58(11,69)51(79-56-50(76-40(10)64)45(61(14)15)28-35(5)74-56)36(6)49(37(7)54(66)77-46)78-47-31-59(12,70-17)53(39(9)75-47)73-27-26-71-25-21-22-41-23-24-44-42(29-41)48(65)43(33-63(44)19-2)55(67)72-20-3/h21-24,29,33-39,45-47,49-53,56,69H,18-20,25-28,30-32H2,1-17H3/t34-,35-,36+,37-,38-,39+,45+,46-,47+,49+,50-,51-,52-,53+,56+,58-,59-,60-/m1/s1. The largest absolute Gasteiger partial charge is 0.509 e. The fourth-order valence-electron chi connectivity index (χ4n) is 12.7. The number of pyridine rings is 1. The van der Waals surface area contributed by atoms with Gasteiger partial charge in [-0.2, -0.15) is 0 Å². The van der Waals surface area contributed by atoms with Crippen LogP contribution in [0.2, 0.25) is 0 Å². The van der Waals surface area contributed by atoms with Crippen LogP contribution < -0.4 is 5.43 Å². The molecule has 18 atom stereocenters. The van der Waals surface area contributed by atoms with Crippen molar-refractivity contribution in [3.63, 3.8) is 0 Å². The quantitative estimate of drug-likeness (QED) is 0.0907. The molecule has 1 N–H and O–H groups in total. The molecule has 0 aliphatic carbocycles. The Labute approximate surface area is 478 Å². The number of fused-ring (bicyclic) bond motifs is 2. The molecule has 5 heterocycles. The van der Waals surface area contributed by atoms with Crippen molar-refractivity contribution in [2.45, 2.75) is 213 Å². The van der Waals surface area contributed by atoms with Gasteiger partial charge in [0.05, 0.1) is 79.5 Å². The Kier molecular flexibility index (Phi) is 22.6. The molecular weight excluding hydrogens is 1050 g/mol. The lowest BCUT2D eigenvalue weighted by Crippen LogP contribution is -2.61. The van der Waals surface area contributed by atoms with E-state index in [0.717, 1.165) is 5.56 Å². The van der Waals surface area contributed by atoms with Gasteiger partial charge in [-0.1, -0.05) is 39.0 Å². The van der Waals surface area contributed by atoms with Crippen LogP contribution in [0.4, 0.5) is 4.79 Å². The first-order valence-electron chi connectivity index (χ1n) is 28.9. The minimum atomic E-state index is -1.64. The molecule has 0 saturated carbocycles. The van der Waals surface area contributed by atoms with Gasteiger partial charge in [0.15, 0.2) is 30.4 Å². The average Bonchev–Trinajstić information content (AvgIpc) is 3.90. The number of hydrogen-bond donors (Lipinski definition) is 1. The Morgan fingerprint density at radius 1 is 0.926 bits per heavy atom. The van der Waals surface area contributed by atoms with Gasteiger partial charge in [-0.25, -0.2) is 9.59 Å². The second-order valence-corrected chi connectivity index (χ2v) is 23.6. The van der Waals surface area contributed by atoms with Crippen LogP contribution in [0.1, 0.15) is 132 Å². The molecule has 1 aromatic carbocycles. The van der Waals surface area contributed by atoms with Crippen molar-refractivity contribution in [3.05, 3.63) is 51.8 Å². The van der Waals surface area contributed by atoms with Crippen molar-refractivity contribution >= 4 is 41.0 Å². The summed E-state index contributed by atoms with van der Waals surface area (Å²) in [6, 6.07) is 4.81. The zero-order valence-electron chi connectivity index (χ0n) is 50.9. The number of esters is 3. The number of aryl methyl sites for hydroxylation is 1. The van der Waals surface area contributed by atoms with Crippen molar-refractivity contribution in [1.82, 2.24) is 14.4 Å². The zero-order chi connectivity index (χ0) is 59.9. The number of ether oxygens (including phenoxy) is 12. The maximum atomic E-state index is 14.9.